The maximum absolute atomic E-state index is 12.8. The van der Waals surface area contributed by atoms with Crippen molar-refractivity contribution in [2.45, 2.75) is 6.04 Å². The van der Waals surface area contributed by atoms with E-state index in [1.54, 1.807) is 12.3 Å². The number of amides is 1. The lowest BCUT2D eigenvalue weighted by Gasteiger charge is -2.17. The molecule has 4 aromatic rings. The van der Waals surface area contributed by atoms with Crippen LogP contribution in [-0.2, 0) is 0 Å². The van der Waals surface area contributed by atoms with Crippen LogP contribution in [0.4, 0.5) is 10.7 Å². The summed E-state index contributed by atoms with van der Waals surface area (Å²) in [5, 5.41) is 19.5. The first-order valence-corrected chi connectivity index (χ1v) is 9.37. The van der Waals surface area contributed by atoms with E-state index in [4.69, 9.17) is 0 Å². The van der Waals surface area contributed by atoms with E-state index in [-0.39, 0.29) is 12.5 Å². The van der Waals surface area contributed by atoms with Gasteiger partial charge in [0.25, 0.3) is 5.91 Å². The second-order valence-corrected chi connectivity index (χ2v) is 6.92. The highest BCUT2D eigenvalue weighted by molar-refractivity contribution is 7.14. The zero-order valence-electron chi connectivity index (χ0n) is 14.3. The summed E-state index contributed by atoms with van der Waals surface area (Å²) in [6.45, 7) is -0.170. The predicted molar refractivity (Wildman–Crippen MR) is 107 cm³/mol. The minimum absolute atomic E-state index is 0.170. The summed E-state index contributed by atoms with van der Waals surface area (Å²) < 4.78 is 0. The van der Waals surface area contributed by atoms with Crippen LogP contribution in [0.1, 0.15) is 22.0 Å². The van der Waals surface area contributed by atoms with E-state index >= 15 is 0 Å². The highest BCUT2D eigenvalue weighted by Crippen LogP contribution is 2.30. The van der Waals surface area contributed by atoms with E-state index in [9.17, 15) is 9.90 Å². The first-order chi connectivity index (χ1) is 13.3. The van der Waals surface area contributed by atoms with E-state index in [1.807, 2.05) is 54.0 Å². The normalized spacial score (nSPS) is 12.0. The van der Waals surface area contributed by atoms with Crippen molar-refractivity contribution < 1.29 is 9.90 Å². The number of anilines is 2. The van der Waals surface area contributed by atoms with Gasteiger partial charge >= 0.3 is 0 Å². The monoisotopic (exact) mass is 378 g/mol. The first kappa shape index (κ1) is 17.3. The van der Waals surface area contributed by atoms with Crippen LogP contribution in [0.3, 0.4) is 0 Å². The standard InChI is InChI=1S/C20H18N4O2S/c25-12-17(13-4-2-1-3-5-13)23-19(26)15-8-11-27-20(15)24-16-7-10-22-18-14(16)6-9-21-18/h1-11,17,25H,12H2,(H,23,26)(H2,21,22,24). The number of pyridine rings is 1. The highest BCUT2D eigenvalue weighted by atomic mass is 32.1. The number of carbonyl (C=O) groups excluding carboxylic acids is 1. The molecule has 3 heterocycles. The van der Waals surface area contributed by atoms with E-state index in [1.165, 1.54) is 11.3 Å². The number of hydrogen-bond acceptors (Lipinski definition) is 5. The maximum Gasteiger partial charge on any atom is 0.254 e. The molecular formula is C20H18N4O2S. The van der Waals surface area contributed by atoms with Crippen LogP contribution in [0.15, 0.2) is 66.3 Å². The molecule has 0 saturated carbocycles. The molecule has 4 N–H and O–H groups in total. The molecule has 3 aromatic heterocycles. The van der Waals surface area contributed by atoms with Crippen molar-refractivity contribution in [1.82, 2.24) is 15.3 Å². The van der Waals surface area contributed by atoms with Gasteiger partial charge in [-0.05, 0) is 29.1 Å². The van der Waals surface area contributed by atoms with Crippen molar-refractivity contribution in [3.8, 4) is 0 Å². The van der Waals surface area contributed by atoms with Crippen LogP contribution in [-0.4, -0.2) is 27.6 Å². The molecule has 27 heavy (non-hydrogen) atoms. The van der Waals surface area contributed by atoms with Crippen LogP contribution in [0, 0.1) is 0 Å². The summed E-state index contributed by atoms with van der Waals surface area (Å²) >= 11 is 1.45. The van der Waals surface area contributed by atoms with Gasteiger partial charge in [0.15, 0.2) is 0 Å². The molecule has 0 aliphatic carbocycles. The van der Waals surface area contributed by atoms with Crippen LogP contribution in [0.25, 0.3) is 11.0 Å². The van der Waals surface area contributed by atoms with Gasteiger partial charge in [-0.3, -0.25) is 4.79 Å². The zero-order chi connectivity index (χ0) is 18.6. The molecule has 1 atom stereocenters. The molecule has 0 fully saturated rings. The molecular weight excluding hydrogens is 360 g/mol. The summed E-state index contributed by atoms with van der Waals surface area (Å²) in [4.78, 5) is 20.1. The van der Waals surface area contributed by atoms with Crippen molar-refractivity contribution in [1.29, 1.82) is 0 Å². The van der Waals surface area contributed by atoms with Crippen molar-refractivity contribution in [2.24, 2.45) is 0 Å². The number of nitrogens with zero attached hydrogens (tertiary/aromatic N) is 1. The van der Waals surface area contributed by atoms with Crippen LogP contribution in [0.2, 0.25) is 0 Å². The Balaban J connectivity index is 1.56. The molecule has 0 saturated heterocycles. The topological polar surface area (TPSA) is 90.0 Å². The molecule has 1 amide bonds. The third-order valence-corrected chi connectivity index (χ3v) is 5.14. The molecule has 0 spiro atoms. The molecule has 1 aromatic carbocycles. The summed E-state index contributed by atoms with van der Waals surface area (Å²) in [5.74, 6) is -0.235. The molecule has 4 rings (SSSR count). The molecule has 0 aliphatic rings. The van der Waals surface area contributed by atoms with Gasteiger partial charge in [0, 0.05) is 17.8 Å². The minimum Gasteiger partial charge on any atom is -0.394 e. The van der Waals surface area contributed by atoms with E-state index in [0.717, 1.165) is 27.3 Å². The fraction of sp³-hybridized carbons (Fsp3) is 0.100. The van der Waals surface area contributed by atoms with Crippen molar-refractivity contribution in [3.05, 3.63) is 77.4 Å². The summed E-state index contributed by atoms with van der Waals surface area (Å²) in [6, 6.07) is 14.6. The van der Waals surface area contributed by atoms with E-state index in [2.05, 4.69) is 20.6 Å². The number of carbonyl (C=O) groups is 1. The van der Waals surface area contributed by atoms with E-state index in [0.29, 0.717) is 5.56 Å². The Morgan fingerprint density at radius 1 is 1.19 bits per heavy atom. The van der Waals surface area contributed by atoms with Gasteiger partial charge < -0.3 is 20.7 Å². The van der Waals surface area contributed by atoms with Gasteiger partial charge in [-0.1, -0.05) is 30.3 Å². The fourth-order valence-electron chi connectivity index (χ4n) is 2.93. The van der Waals surface area contributed by atoms with Gasteiger partial charge in [0.05, 0.1) is 23.9 Å². The van der Waals surface area contributed by atoms with Crippen LogP contribution < -0.4 is 10.6 Å². The third-order valence-electron chi connectivity index (χ3n) is 4.31. The molecule has 0 radical (unpaired) electrons. The smallest absolute Gasteiger partial charge is 0.254 e. The summed E-state index contributed by atoms with van der Waals surface area (Å²) in [7, 11) is 0. The lowest BCUT2D eigenvalue weighted by molar-refractivity contribution is 0.0917. The van der Waals surface area contributed by atoms with Gasteiger partial charge in [0.2, 0.25) is 0 Å². The molecule has 0 aliphatic heterocycles. The van der Waals surface area contributed by atoms with Crippen molar-refractivity contribution in [3.63, 3.8) is 0 Å². The molecule has 0 bridgehead atoms. The third kappa shape index (κ3) is 3.55. The number of thiophene rings is 1. The minimum atomic E-state index is -0.455. The Kier molecular flexibility index (Phi) is 4.86. The van der Waals surface area contributed by atoms with Gasteiger partial charge in [0.1, 0.15) is 10.6 Å². The quantitative estimate of drug-likeness (QED) is 0.410. The number of aromatic nitrogens is 2. The van der Waals surface area contributed by atoms with Gasteiger partial charge in [-0.2, -0.15) is 0 Å². The predicted octanol–water partition coefficient (Wildman–Crippen LogP) is 3.83. The maximum atomic E-state index is 12.8. The number of benzene rings is 1. The second-order valence-electron chi connectivity index (χ2n) is 6.01. The lowest BCUT2D eigenvalue weighted by Crippen LogP contribution is -2.30. The first-order valence-electron chi connectivity index (χ1n) is 8.49. The number of hydrogen-bond donors (Lipinski definition) is 4. The molecule has 6 nitrogen and oxygen atoms in total. The van der Waals surface area contributed by atoms with Crippen molar-refractivity contribution in [2.75, 3.05) is 11.9 Å². The zero-order valence-corrected chi connectivity index (χ0v) is 15.2. The number of fused-ring (bicyclic) bond motifs is 1. The Morgan fingerprint density at radius 2 is 2.04 bits per heavy atom. The number of nitrogens with one attached hydrogen (secondary N) is 3. The molecule has 136 valence electrons. The number of aliphatic hydroxyl groups excluding tert-OH is 1. The highest BCUT2D eigenvalue weighted by Gasteiger charge is 2.19. The fourth-order valence-corrected chi connectivity index (χ4v) is 3.73. The van der Waals surface area contributed by atoms with Crippen LogP contribution >= 0.6 is 11.3 Å². The largest absolute Gasteiger partial charge is 0.394 e. The van der Waals surface area contributed by atoms with Crippen LogP contribution in [0.5, 0.6) is 0 Å². The summed E-state index contributed by atoms with van der Waals surface area (Å²) in [6.07, 6.45) is 3.54. The molecule has 1 unspecified atom stereocenters. The SMILES string of the molecule is O=C(NC(CO)c1ccccc1)c1ccsc1Nc1ccnc2[nH]ccc12. The number of H-pyrrole nitrogens is 1. The van der Waals surface area contributed by atoms with Crippen molar-refractivity contribution >= 4 is 39.0 Å². The number of aliphatic hydroxyl groups is 1. The Bertz CT molecular complexity index is 1060. The second kappa shape index (κ2) is 7.61. The average molecular weight is 378 g/mol. The lowest BCUT2D eigenvalue weighted by atomic mass is 10.1. The Morgan fingerprint density at radius 3 is 2.85 bits per heavy atom. The molecule has 7 heteroatoms. The summed E-state index contributed by atoms with van der Waals surface area (Å²) in [5.41, 5.74) is 3.06. The average Bonchev–Trinajstić information content (AvgIpc) is 3.36. The van der Waals surface area contributed by atoms with E-state index < -0.39 is 6.04 Å². The Labute approximate surface area is 159 Å². The Hall–Kier alpha value is -3.16. The van der Waals surface area contributed by atoms with Gasteiger partial charge in [-0.15, -0.1) is 11.3 Å². The van der Waals surface area contributed by atoms with Gasteiger partial charge in [-0.25, -0.2) is 4.98 Å². The number of aromatic amines is 1. The number of rotatable bonds is 6.